The van der Waals surface area contributed by atoms with Gasteiger partial charge in [-0.2, -0.15) is 12.6 Å². The van der Waals surface area contributed by atoms with Gasteiger partial charge >= 0.3 is 0 Å². The van der Waals surface area contributed by atoms with E-state index in [1.165, 1.54) is 0 Å². The molecule has 1 aromatic carbocycles. The van der Waals surface area contributed by atoms with Crippen molar-refractivity contribution in [2.24, 2.45) is 0 Å². The Morgan fingerprint density at radius 2 is 2.00 bits per heavy atom. The Bertz CT molecular complexity index is 549. The van der Waals surface area contributed by atoms with Crippen molar-refractivity contribution in [1.29, 1.82) is 0 Å². The summed E-state index contributed by atoms with van der Waals surface area (Å²) >= 11 is 4.18. The largest absolute Gasteiger partial charge is 0.494 e. The maximum absolute atomic E-state index is 5.58. The molecule has 1 heterocycles. The molecule has 0 radical (unpaired) electrons. The van der Waals surface area contributed by atoms with Crippen molar-refractivity contribution in [3.63, 3.8) is 0 Å². The molecule has 0 aliphatic heterocycles. The first-order chi connectivity index (χ1) is 8.65. The molecule has 0 aliphatic carbocycles. The molecule has 2 rings (SSSR count). The summed E-state index contributed by atoms with van der Waals surface area (Å²) in [6, 6.07) is 6.04. The number of thiol groups is 1. The van der Waals surface area contributed by atoms with Crippen LogP contribution in [0.4, 0.5) is 0 Å². The van der Waals surface area contributed by atoms with E-state index in [2.05, 4.69) is 23.9 Å². The van der Waals surface area contributed by atoms with Gasteiger partial charge in [-0.15, -0.1) is 0 Å². The first kappa shape index (κ1) is 13.0. The number of benzene rings is 1. The second-order valence-electron chi connectivity index (χ2n) is 4.21. The van der Waals surface area contributed by atoms with E-state index in [9.17, 15) is 0 Å². The van der Waals surface area contributed by atoms with Crippen molar-refractivity contribution in [2.75, 3.05) is 6.61 Å². The van der Waals surface area contributed by atoms with Crippen molar-refractivity contribution in [1.82, 2.24) is 5.16 Å². The lowest BCUT2D eigenvalue weighted by atomic mass is 10.0. The molecule has 3 nitrogen and oxygen atoms in total. The molecule has 0 unspecified atom stereocenters. The summed E-state index contributed by atoms with van der Waals surface area (Å²) in [7, 11) is 0. The lowest BCUT2D eigenvalue weighted by Gasteiger charge is -2.10. The van der Waals surface area contributed by atoms with Crippen LogP contribution in [0.1, 0.15) is 23.7 Å². The lowest BCUT2D eigenvalue weighted by Crippen LogP contribution is -1.95. The molecule has 2 aromatic rings. The average Bonchev–Trinajstić information content (AvgIpc) is 2.82. The van der Waals surface area contributed by atoms with Crippen LogP contribution < -0.4 is 4.74 Å². The number of hydrogen-bond donors (Lipinski definition) is 1. The number of rotatable bonds is 4. The van der Waals surface area contributed by atoms with E-state index in [0.717, 1.165) is 33.9 Å². The van der Waals surface area contributed by atoms with Gasteiger partial charge < -0.3 is 9.26 Å². The van der Waals surface area contributed by atoms with Crippen molar-refractivity contribution in [3.8, 4) is 17.1 Å². The zero-order chi connectivity index (χ0) is 13.1. The Morgan fingerprint density at radius 1 is 1.22 bits per heavy atom. The highest BCUT2D eigenvalue weighted by Crippen LogP contribution is 2.30. The Hall–Kier alpha value is -1.42. The molecule has 0 spiro atoms. The van der Waals surface area contributed by atoms with E-state index < -0.39 is 0 Å². The van der Waals surface area contributed by atoms with Gasteiger partial charge in [0.05, 0.1) is 12.3 Å². The minimum atomic E-state index is 0.582. The third-order valence-corrected chi connectivity index (χ3v) is 3.13. The van der Waals surface area contributed by atoms with Gasteiger partial charge in [-0.25, -0.2) is 0 Å². The monoisotopic (exact) mass is 263 g/mol. The van der Waals surface area contributed by atoms with Gasteiger partial charge in [-0.1, -0.05) is 5.16 Å². The van der Waals surface area contributed by atoms with Crippen molar-refractivity contribution in [2.45, 2.75) is 26.5 Å². The first-order valence-electron chi connectivity index (χ1n) is 5.96. The van der Waals surface area contributed by atoms with Crippen LogP contribution in [0.2, 0.25) is 0 Å². The van der Waals surface area contributed by atoms with Gasteiger partial charge in [0.1, 0.15) is 5.75 Å². The summed E-state index contributed by atoms with van der Waals surface area (Å²) in [5.74, 6) is 2.29. The van der Waals surface area contributed by atoms with Gasteiger partial charge in [0.2, 0.25) is 0 Å². The Balaban J connectivity index is 2.42. The summed E-state index contributed by atoms with van der Waals surface area (Å²) in [6.07, 6.45) is 0. The first-order valence-corrected chi connectivity index (χ1v) is 6.59. The summed E-state index contributed by atoms with van der Waals surface area (Å²) in [5, 5.41) is 3.96. The SMILES string of the molecule is CCOc1cc(C)c(-c2cc(CS)no2)cc1C. The fraction of sp³-hybridized carbons (Fsp3) is 0.357. The Labute approximate surface area is 113 Å². The normalized spacial score (nSPS) is 10.7. The van der Waals surface area contributed by atoms with E-state index in [1.54, 1.807) is 0 Å². The second-order valence-corrected chi connectivity index (χ2v) is 4.52. The van der Waals surface area contributed by atoms with E-state index in [0.29, 0.717) is 12.4 Å². The molecule has 96 valence electrons. The van der Waals surface area contributed by atoms with Gasteiger partial charge in [-0.3, -0.25) is 0 Å². The molecule has 1 aromatic heterocycles. The molecule has 4 heteroatoms. The molecule has 0 atom stereocenters. The van der Waals surface area contributed by atoms with Gasteiger partial charge in [-0.05, 0) is 44.0 Å². The molecule has 0 aliphatic rings. The topological polar surface area (TPSA) is 35.3 Å². The molecular formula is C14H17NO2S. The zero-order valence-electron chi connectivity index (χ0n) is 10.9. The van der Waals surface area contributed by atoms with E-state index in [-0.39, 0.29) is 0 Å². The van der Waals surface area contributed by atoms with Crippen LogP contribution >= 0.6 is 12.6 Å². The Kier molecular flexibility index (Phi) is 3.97. The molecule has 0 N–H and O–H groups in total. The smallest absolute Gasteiger partial charge is 0.167 e. The van der Waals surface area contributed by atoms with Crippen LogP contribution in [0.25, 0.3) is 11.3 Å². The fourth-order valence-electron chi connectivity index (χ4n) is 1.88. The predicted molar refractivity (Wildman–Crippen MR) is 75.3 cm³/mol. The van der Waals surface area contributed by atoms with E-state index >= 15 is 0 Å². The maximum Gasteiger partial charge on any atom is 0.167 e. The minimum Gasteiger partial charge on any atom is -0.494 e. The molecular weight excluding hydrogens is 246 g/mol. The highest BCUT2D eigenvalue weighted by molar-refractivity contribution is 7.79. The van der Waals surface area contributed by atoms with E-state index in [4.69, 9.17) is 9.26 Å². The van der Waals surface area contributed by atoms with Gasteiger partial charge in [0, 0.05) is 17.4 Å². The van der Waals surface area contributed by atoms with Crippen LogP contribution in [-0.4, -0.2) is 11.8 Å². The molecule has 0 saturated carbocycles. The number of aromatic nitrogens is 1. The van der Waals surface area contributed by atoms with E-state index in [1.807, 2.05) is 32.9 Å². The van der Waals surface area contributed by atoms with Crippen molar-refractivity contribution < 1.29 is 9.26 Å². The Morgan fingerprint density at radius 3 is 2.61 bits per heavy atom. The summed E-state index contributed by atoms with van der Waals surface area (Å²) in [5.41, 5.74) is 4.11. The number of hydrogen-bond acceptors (Lipinski definition) is 4. The van der Waals surface area contributed by atoms with Crippen LogP contribution in [0.15, 0.2) is 22.7 Å². The summed E-state index contributed by atoms with van der Waals surface area (Å²) in [4.78, 5) is 0. The third kappa shape index (κ3) is 2.53. The molecule has 0 fully saturated rings. The highest BCUT2D eigenvalue weighted by atomic mass is 32.1. The molecule has 0 amide bonds. The molecule has 0 saturated heterocycles. The molecule has 0 bridgehead atoms. The van der Waals surface area contributed by atoms with Gasteiger partial charge in [0.15, 0.2) is 5.76 Å². The summed E-state index contributed by atoms with van der Waals surface area (Å²) < 4.78 is 10.9. The maximum atomic E-state index is 5.58. The number of aryl methyl sites for hydroxylation is 2. The predicted octanol–water partition coefficient (Wildman–Crippen LogP) is 3.79. The summed E-state index contributed by atoms with van der Waals surface area (Å²) in [6.45, 7) is 6.73. The van der Waals surface area contributed by atoms with Crippen LogP contribution in [0.5, 0.6) is 5.75 Å². The fourth-order valence-corrected chi connectivity index (χ4v) is 2.03. The zero-order valence-corrected chi connectivity index (χ0v) is 11.8. The van der Waals surface area contributed by atoms with Crippen LogP contribution in [0.3, 0.4) is 0 Å². The molecule has 18 heavy (non-hydrogen) atoms. The average molecular weight is 263 g/mol. The van der Waals surface area contributed by atoms with Crippen molar-refractivity contribution >= 4 is 12.6 Å². The standard InChI is InChI=1S/C14H17NO2S/c1-4-16-13-6-9(2)12(5-10(13)3)14-7-11(8-18)15-17-14/h5-7,18H,4,8H2,1-3H3. The van der Waals surface area contributed by atoms with Gasteiger partial charge in [0.25, 0.3) is 0 Å². The second kappa shape index (κ2) is 5.48. The van der Waals surface area contributed by atoms with Crippen molar-refractivity contribution in [3.05, 3.63) is 35.0 Å². The third-order valence-electron chi connectivity index (χ3n) is 2.81. The lowest BCUT2D eigenvalue weighted by molar-refractivity contribution is 0.337. The number of ether oxygens (including phenoxy) is 1. The van der Waals surface area contributed by atoms with Crippen LogP contribution in [0, 0.1) is 13.8 Å². The quantitative estimate of drug-likeness (QED) is 0.852. The minimum absolute atomic E-state index is 0.582. The number of nitrogens with zero attached hydrogens (tertiary/aromatic N) is 1. The highest BCUT2D eigenvalue weighted by Gasteiger charge is 2.11. The van der Waals surface area contributed by atoms with Crippen LogP contribution in [-0.2, 0) is 5.75 Å².